The number of rotatable bonds is 5. The zero-order chi connectivity index (χ0) is 24.6. The molecule has 1 amide bonds. The molecule has 0 radical (unpaired) electrons. The van der Waals surface area contributed by atoms with Gasteiger partial charge in [0.25, 0.3) is 10.0 Å². The van der Waals surface area contributed by atoms with Gasteiger partial charge >= 0.3 is 6.09 Å². The molecule has 0 spiro atoms. The predicted molar refractivity (Wildman–Crippen MR) is 112 cm³/mol. The molecule has 33 heavy (non-hydrogen) atoms. The highest BCUT2D eigenvalue weighted by molar-refractivity contribution is 7.90. The maximum Gasteiger partial charge on any atom is 0.410 e. The van der Waals surface area contributed by atoms with Gasteiger partial charge in [-0.05, 0) is 39.0 Å². The van der Waals surface area contributed by atoms with Gasteiger partial charge in [-0.1, -0.05) is 0 Å². The van der Waals surface area contributed by atoms with Crippen LogP contribution in [0.1, 0.15) is 26.3 Å². The second kappa shape index (κ2) is 8.85. The summed E-state index contributed by atoms with van der Waals surface area (Å²) in [6.45, 7) is 4.64. The molecule has 8 nitrogen and oxygen atoms in total. The van der Waals surface area contributed by atoms with Gasteiger partial charge < -0.3 is 9.64 Å². The molecule has 0 unspecified atom stereocenters. The van der Waals surface area contributed by atoms with Crippen LogP contribution in [0.3, 0.4) is 0 Å². The molecule has 0 fully saturated rings. The molecule has 3 aromatic heterocycles. The molecule has 0 aliphatic heterocycles. The normalized spacial score (nSPS) is 12.0. The van der Waals surface area contributed by atoms with Crippen molar-refractivity contribution in [3.8, 4) is 11.3 Å². The van der Waals surface area contributed by atoms with E-state index in [0.29, 0.717) is 10.0 Å². The second-order valence-electron chi connectivity index (χ2n) is 8.08. The number of hydrogen-bond donors (Lipinski definition) is 0. The minimum absolute atomic E-state index is 0.336. The summed E-state index contributed by atoms with van der Waals surface area (Å²) < 4.78 is 75.3. The molecule has 0 aliphatic rings. The van der Waals surface area contributed by atoms with Crippen molar-refractivity contribution in [2.75, 3.05) is 7.05 Å². The number of aromatic nitrogens is 3. The lowest BCUT2D eigenvalue weighted by molar-refractivity contribution is 0.0753. The van der Waals surface area contributed by atoms with E-state index in [2.05, 4.69) is 9.97 Å². The smallest absolute Gasteiger partial charge is 0.410 e. The van der Waals surface area contributed by atoms with Crippen LogP contribution in [-0.4, -0.2) is 45.9 Å². The van der Waals surface area contributed by atoms with Crippen LogP contribution in [-0.2, 0) is 21.4 Å². The van der Waals surface area contributed by atoms with Crippen LogP contribution < -0.4 is 0 Å². The Morgan fingerprint density at radius 1 is 1.21 bits per heavy atom. The number of halogens is 3. The summed E-state index contributed by atoms with van der Waals surface area (Å²) in [4.78, 5) is 19.9. The van der Waals surface area contributed by atoms with E-state index in [1.54, 1.807) is 20.8 Å². The van der Waals surface area contributed by atoms with Crippen molar-refractivity contribution in [2.45, 2.75) is 37.8 Å². The van der Waals surface area contributed by atoms with E-state index in [0.717, 1.165) is 30.9 Å². The lowest BCUT2D eigenvalue weighted by Crippen LogP contribution is -2.42. The van der Waals surface area contributed by atoms with E-state index < -0.39 is 62.0 Å². The minimum atomic E-state index is -4.61. The number of carbonyl (C=O) groups excluding carboxylic acids is 1. The van der Waals surface area contributed by atoms with Crippen molar-refractivity contribution >= 4 is 16.1 Å². The topological polar surface area (TPSA) is 94.4 Å². The average molecular weight is 482 g/mol. The van der Waals surface area contributed by atoms with Gasteiger partial charge in [0.15, 0.2) is 5.82 Å². The lowest BCUT2D eigenvalue weighted by Gasteiger charge is -2.30. The number of pyridine rings is 2. The first kappa shape index (κ1) is 24.2. The molecule has 12 heteroatoms. The predicted octanol–water partition coefficient (Wildman–Crippen LogP) is 3.97. The van der Waals surface area contributed by atoms with Gasteiger partial charge in [-0.15, -0.1) is 0 Å². The van der Waals surface area contributed by atoms with Crippen LogP contribution in [0.25, 0.3) is 11.3 Å². The van der Waals surface area contributed by atoms with Gasteiger partial charge in [0.2, 0.25) is 5.95 Å². The van der Waals surface area contributed by atoms with Crippen LogP contribution in [0.15, 0.2) is 47.9 Å². The van der Waals surface area contributed by atoms with E-state index >= 15 is 4.39 Å². The maximum absolute atomic E-state index is 15.4. The molecular formula is C21H21F3N4O4S. The van der Waals surface area contributed by atoms with Crippen molar-refractivity contribution in [1.29, 1.82) is 0 Å². The van der Waals surface area contributed by atoms with Crippen LogP contribution in [0.4, 0.5) is 18.0 Å². The van der Waals surface area contributed by atoms with Crippen LogP contribution in [0, 0.1) is 17.6 Å². The quantitative estimate of drug-likeness (QED) is 0.511. The highest BCUT2D eigenvalue weighted by Crippen LogP contribution is 2.32. The third kappa shape index (κ3) is 4.85. The molecule has 0 saturated carbocycles. The van der Waals surface area contributed by atoms with Crippen LogP contribution >= 0.6 is 0 Å². The van der Waals surface area contributed by atoms with E-state index in [-0.39, 0.29) is 5.56 Å². The molecule has 0 aliphatic carbocycles. The Hall–Kier alpha value is -3.41. The monoisotopic (exact) mass is 482 g/mol. The molecule has 0 aromatic carbocycles. The highest BCUT2D eigenvalue weighted by Gasteiger charge is 2.30. The first-order valence-electron chi connectivity index (χ1n) is 9.61. The zero-order valence-corrected chi connectivity index (χ0v) is 19.0. The molecular weight excluding hydrogens is 461 g/mol. The number of carbonyl (C=O) groups is 1. The third-order valence-corrected chi connectivity index (χ3v) is 6.49. The fourth-order valence-corrected chi connectivity index (χ4v) is 4.13. The van der Waals surface area contributed by atoms with Gasteiger partial charge in [-0.2, -0.15) is 4.39 Å². The first-order chi connectivity index (χ1) is 15.3. The molecule has 3 aromatic rings. The van der Waals surface area contributed by atoms with Gasteiger partial charge in [-0.25, -0.2) is 30.9 Å². The lowest BCUT2D eigenvalue weighted by atomic mass is 10.1. The van der Waals surface area contributed by atoms with Gasteiger partial charge in [-0.3, -0.25) is 4.98 Å². The summed E-state index contributed by atoms with van der Waals surface area (Å²) in [6, 6.07) is 3.13. The second-order valence-corrected chi connectivity index (χ2v) is 9.90. The Labute approximate surface area is 188 Å². The Kier molecular flexibility index (Phi) is 6.50. The average Bonchev–Trinajstić information content (AvgIpc) is 3.08. The number of nitrogens with zero attached hydrogens (tertiary/aromatic N) is 4. The van der Waals surface area contributed by atoms with Gasteiger partial charge in [0, 0.05) is 36.7 Å². The fraction of sp³-hybridized carbons (Fsp3) is 0.286. The van der Waals surface area contributed by atoms with Crippen molar-refractivity contribution in [3.63, 3.8) is 0 Å². The molecule has 0 saturated heterocycles. The van der Waals surface area contributed by atoms with Crippen molar-refractivity contribution < 1.29 is 31.1 Å². The van der Waals surface area contributed by atoms with Crippen LogP contribution in [0.5, 0.6) is 0 Å². The maximum atomic E-state index is 15.4. The molecule has 3 heterocycles. The molecule has 0 N–H and O–H groups in total. The third-order valence-electron chi connectivity index (χ3n) is 4.87. The number of hydrogen-bond acceptors (Lipinski definition) is 6. The summed E-state index contributed by atoms with van der Waals surface area (Å²) in [5.74, 6) is -3.20. The fourth-order valence-electron chi connectivity index (χ4n) is 2.76. The Morgan fingerprint density at radius 3 is 2.52 bits per heavy atom. The molecule has 176 valence electrons. The Bertz CT molecular complexity index is 1300. The summed E-state index contributed by atoms with van der Waals surface area (Å²) >= 11 is 0. The number of ether oxygens (including phenoxy) is 1. The largest absolute Gasteiger partial charge is 0.444 e. The van der Waals surface area contributed by atoms with E-state index in [9.17, 15) is 22.0 Å². The zero-order valence-electron chi connectivity index (χ0n) is 18.2. The van der Waals surface area contributed by atoms with E-state index in [4.69, 9.17) is 4.74 Å². The molecule has 0 bridgehead atoms. The Balaban J connectivity index is 2.11. The van der Waals surface area contributed by atoms with E-state index in [1.165, 1.54) is 18.0 Å². The van der Waals surface area contributed by atoms with Gasteiger partial charge in [0.1, 0.15) is 23.0 Å². The molecule has 3 rings (SSSR count). The van der Waals surface area contributed by atoms with Crippen molar-refractivity contribution in [1.82, 2.24) is 18.8 Å². The van der Waals surface area contributed by atoms with Crippen molar-refractivity contribution in [3.05, 3.63) is 66.1 Å². The summed E-state index contributed by atoms with van der Waals surface area (Å²) in [5.41, 5.74) is -2.05. The summed E-state index contributed by atoms with van der Waals surface area (Å²) in [5, 5.41) is 0. The van der Waals surface area contributed by atoms with Crippen LogP contribution in [0.2, 0.25) is 0 Å². The summed E-state index contributed by atoms with van der Waals surface area (Å²) in [7, 11) is -3.12. The molecule has 0 atom stereocenters. The Morgan fingerprint density at radius 2 is 1.91 bits per heavy atom. The summed E-state index contributed by atoms with van der Waals surface area (Å²) in [6.07, 6.45) is 2.86. The van der Waals surface area contributed by atoms with Crippen molar-refractivity contribution in [2.24, 2.45) is 0 Å². The van der Waals surface area contributed by atoms with E-state index in [1.807, 2.05) is 0 Å². The highest BCUT2D eigenvalue weighted by atomic mass is 32.2. The first-order valence-corrected chi connectivity index (χ1v) is 11.1. The van der Waals surface area contributed by atoms with Gasteiger partial charge in [0.05, 0.1) is 11.8 Å². The minimum Gasteiger partial charge on any atom is -0.444 e. The SMILES string of the molecule is CN(C(=O)OCc1cn(S(=O)(=O)c2cncc(F)c2)c(-c2cccnc2F)c1F)C(C)(C)C. The number of amides is 1. The standard InChI is InChI=1S/C21H21F3N4O4S/c1-21(2,3)27(4)20(29)32-12-13-11-28(33(30,31)15-8-14(22)9-25-10-15)18(17(13)23)16-6-5-7-26-19(16)24/h5-11H,12H2,1-4H3.